The zero-order valence-electron chi connectivity index (χ0n) is 9.40. The molecule has 0 amide bonds. The van der Waals surface area contributed by atoms with Crippen molar-refractivity contribution >= 4 is 22.1 Å². The third-order valence-corrected chi connectivity index (χ3v) is 4.57. The predicted octanol–water partition coefficient (Wildman–Crippen LogP) is -1.35. The van der Waals surface area contributed by atoms with Crippen LogP contribution in [0.2, 0.25) is 0 Å². The number of hydrogen-bond donors (Lipinski definition) is 2. The normalized spacial score (nSPS) is 26.3. The van der Waals surface area contributed by atoms with Gasteiger partial charge < -0.3 is 10.2 Å². The minimum absolute atomic E-state index is 0.211. The maximum atomic E-state index is 11.8. The molecule has 9 heteroatoms. The van der Waals surface area contributed by atoms with Gasteiger partial charge in [-0.3, -0.25) is 9.59 Å². The Bertz CT molecular complexity index is 431. The molecule has 1 fully saturated rings. The van der Waals surface area contributed by atoms with Crippen molar-refractivity contribution in [2.75, 3.05) is 20.6 Å². The highest BCUT2D eigenvalue weighted by molar-refractivity contribution is 7.86. The summed E-state index contributed by atoms with van der Waals surface area (Å²) in [6.45, 7) is -0.313. The van der Waals surface area contributed by atoms with Crippen LogP contribution in [0.25, 0.3) is 0 Å². The summed E-state index contributed by atoms with van der Waals surface area (Å²) < 4.78 is 25.2. The van der Waals surface area contributed by atoms with Gasteiger partial charge in [-0.2, -0.15) is 17.0 Å². The first-order valence-corrected chi connectivity index (χ1v) is 6.22. The Morgan fingerprint density at radius 1 is 1.24 bits per heavy atom. The Kier molecular flexibility index (Phi) is 3.74. The molecule has 2 N–H and O–H groups in total. The Labute approximate surface area is 98.6 Å². The van der Waals surface area contributed by atoms with E-state index in [2.05, 4.69) is 0 Å². The lowest BCUT2D eigenvalue weighted by Crippen LogP contribution is -2.46. The highest BCUT2D eigenvalue weighted by Gasteiger charge is 2.46. The second-order valence-corrected chi connectivity index (χ2v) is 6.08. The van der Waals surface area contributed by atoms with Gasteiger partial charge in [-0.15, -0.1) is 0 Å². The van der Waals surface area contributed by atoms with Crippen LogP contribution in [0.5, 0.6) is 0 Å². The average molecular weight is 266 g/mol. The van der Waals surface area contributed by atoms with Gasteiger partial charge in [-0.25, -0.2) is 0 Å². The van der Waals surface area contributed by atoms with Gasteiger partial charge in [0.1, 0.15) is 6.04 Å². The number of hydrogen-bond acceptors (Lipinski definition) is 4. The van der Waals surface area contributed by atoms with Crippen molar-refractivity contribution in [1.82, 2.24) is 8.61 Å². The van der Waals surface area contributed by atoms with E-state index in [9.17, 15) is 18.0 Å². The molecular weight excluding hydrogens is 252 g/mol. The van der Waals surface area contributed by atoms with E-state index in [-0.39, 0.29) is 13.0 Å². The van der Waals surface area contributed by atoms with Crippen molar-refractivity contribution in [3.8, 4) is 0 Å². The van der Waals surface area contributed by atoms with Gasteiger partial charge in [0, 0.05) is 20.6 Å². The molecule has 1 heterocycles. The van der Waals surface area contributed by atoms with Crippen LogP contribution in [0.4, 0.5) is 0 Å². The van der Waals surface area contributed by atoms with Gasteiger partial charge in [0.25, 0.3) is 10.2 Å². The van der Waals surface area contributed by atoms with Gasteiger partial charge in [0.15, 0.2) is 0 Å². The minimum atomic E-state index is -3.91. The van der Waals surface area contributed by atoms with Crippen molar-refractivity contribution in [1.29, 1.82) is 0 Å². The molecule has 0 saturated carbocycles. The quantitative estimate of drug-likeness (QED) is 0.650. The second kappa shape index (κ2) is 4.59. The fourth-order valence-electron chi connectivity index (χ4n) is 1.67. The smallest absolute Gasteiger partial charge is 0.322 e. The van der Waals surface area contributed by atoms with E-state index in [1.807, 2.05) is 0 Å². The number of aliphatic carboxylic acids is 2. The molecule has 0 aromatic heterocycles. The third kappa shape index (κ3) is 2.56. The Morgan fingerprint density at radius 3 is 2.12 bits per heavy atom. The summed E-state index contributed by atoms with van der Waals surface area (Å²) in [4.78, 5) is 21.7. The van der Waals surface area contributed by atoms with E-state index in [4.69, 9.17) is 10.2 Å². The maximum absolute atomic E-state index is 11.8. The summed E-state index contributed by atoms with van der Waals surface area (Å²) in [5, 5.41) is 17.7. The van der Waals surface area contributed by atoms with E-state index < -0.39 is 34.1 Å². The number of nitrogens with zero attached hydrogens (tertiary/aromatic N) is 2. The molecule has 2 atom stereocenters. The van der Waals surface area contributed by atoms with Gasteiger partial charge in [0.05, 0.1) is 5.92 Å². The molecule has 98 valence electrons. The molecule has 0 radical (unpaired) electrons. The van der Waals surface area contributed by atoms with E-state index in [0.29, 0.717) is 4.31 Å². The predicted molar refractivity (Wildman–Crippen MR) is 56.5 cm³/mol. The lowest BCUT2D eigenvalue weighted by atomic mass is 10.1. The highest BCUT2D eigenvalue weighted by atomic mass is 32.2. The van der Waals surface area contributed by atoms with Gasteiger partial charge >= 0.3 is 11.9 Å². The van der Waals surface area contributed by atoms with Crippen LogP contribution in [0.15, 0.2) is 0 Å². The molecule has 2 unspecified atom stereocenters. The molecule has 1 rings (SSSR count). The Morgan fingerprint density at radius 2 is 1.76 bits per heavy atom. The summed E-state index contributed by atoms with van der Waals surface area (Å²) in [7, 11) is -1.38. The molecule has 0 aliphatic carbocycles. The molecule has 17 heavy (non-hydrogen) atoms. The van der Waals surface area contributed by atoms with Crippen molar-refractivity contribution in [2.45, 2.75) is 12.5 Å². The first-order valence-electron chi connectivity index (χ1n) is 4.82. The number of rotatable bonds is 4. The standard InChI is InChI=1S/C8H14N2O6S/c1-9(2)17(15,16)10-4-5(7(11)12)3-6(10)8(13)14/h5-6H,3-4H2,1-2H3,(H,11,12)(H,13,14). The molecule has 1 aliphatic heterocycles. The fourth-order valence-corrected chi connectivity index (χ4v) is 2.96. The summed E-state index contributed by atoms with van der Waals surface area (Å²) in [6, 6.07) is -1.32. The average Bonchev–Trinajstić information content (AvgIpc) is 2.61. The number of carboxylic acid groups (broad SMARTS) is 2. The fraction of sp³-hybridized carbons (Fsp3) is 0.750. The summed E-state index contributed by atoms with van der Waals surface area (Å²) in [5.41, 5.74) is 0. The molecule has 0 aromatic rings. The van der Waals surface area contributed by atoms with Gasteiger partial charge in [-0.1, -0.05) is 0 Å². The zero-order valence-corrected chi connectivity index (χ0v) is 10.2. The summed E-state index contributed by atoms with van der Waals surface area (Å²) in [5.74, 6) is -3.50. The van der Waals surface area contributed by atoms with Crippen LogP contribution in [0.1, 0.15) is 6.42 Å². The lowest BCUT2D eigenvalue weighted by Gasteiger charge is -2.24. The zero-order chi connectivity index (χ0) is 13.4. The van der Waals surface area contributed by atoms with E-state index in [0.717, 1.165) is 4.31 Å². The van der Waals surface area contributed by atoms with Gasteiger partial charge in [0.2, 0.25) is 0 Å². The Balaban J connectivity index is 3.05. The molecule has 0 aromatic carbocycles. The monoisotopic (exact) mass is 266 g/mol. The maximum Gasteiger partial charge on any atom is 0.322 e. The summed E-state index contributed by atoms with van der Waals surface area (Å²) in [6.07, 6.45) is -0.211. The van der Waals surface area contributed by atoms with Crippen LogP contribution in [0, 0.1) is 5.92 Å². The third-order valence-electron chi connectivity index (χ3n) is 2.65. The number of carboxylic acids is 2. The number of carbonyl (C=O) groups is 2. The second-order valence-electron chi connectivity index (χ2n) is 3.98. The van der Waals surface area contributed by atoms with Crippen LogP contribution in [-0.4, -0.2) is 65.9 Å². The Hall–Kier alpha value is -1.19. The largest absolute Gasteiger partial charge is 0.481 e. The molecule has 0 spiro atoms. The first kappa shape index (κ1) is 13.9. The van der Waals surface area contributed by atoms with Crippen LogP contribution < -0.4 is 0 Å². The topological polar surface area (TPSA) is 115 Å². The van der Waals surface area contributed by atoms with Crippen molar-refractivity contribution in [3.05, 3.63) is 0 Å². The lowest BCUT2D eigenvalue weighted by molar-refractivity contribution is -0.141. The first-order chi connectivity index (χ1) is 7.67. The van der Waals surface area contributed by atoms with Crippen molar-refractivity contribution < 1.29 is 28.2 Å². The minimum Gasteiger partial charge on any atom is -0.481 e. The van der Waals surface area contributed by atoms with Crippen molar-refractivity contribution in [3.63, 3.8) is 0 Å². The van der Waals surface area contributed by atoms with Crippen LogP contribution >= 0.6 is 0 Å². The SMILES string of the molecule is CN(C)S(=O)(=O)N1CC(C(=O)O)CC1C(=O)O. The van der Waals surface area contributed by atoms with Crippen LogP contribution in [-0.2, 0) is 19.8 Å². The van der Waals surface area contributed by atoms with Crippen molar-refractivity contribution in [2.24, 2.45) is 5.92 Å². The van der Waals surface area contributed by atoms with E-state index in [1.165, 1.54) is 14.1 Å². The van der Waals surface area contributed by atoms with E-state index in [1.54, 1.807) is 0 Å². The highest BCUT2D eigenvalue weighted by Crippen LogP contribution is 2.27. The van der Waals surface area contributed by atoms with Crippen LogP contribution in [0.3, 0.4) is 0 Å². The molecule has 1 saturated heterocycles. The summed E-state index contributed by atoms with van der Waals surface area (Å²) >= 11 is 0. The molecule has 8 nitrogen and oxygen atoms in total. The molecule has 1 aliphatic rings. The molecule has 0 bridgehead atoms. The molecular formula is C8H14N2O6S. The van der Waals surface area contributed by atoms with Gasteiger partial charge in [-0.05, 0) is 6.42 Å². The van der Waals surface area contributed by atoms with E-state index >= 15 is 0 Å².